The van der Waals surface area contributed by atoms with Gasteiger partial charge in [-0.2, -0.15) is 5.10 Å². The minimum Gasteiger partial charge on any atom is -0.374 e. The molecule has 0 atom stereocenters. The molecule has 23 heavy (non-hydrogen) atoms. The number of nitrogens with zero attached hydrogens (tertiary/aromatic N) is 2. The molecule has 0 bridgehead atoms. The van der Waals surface area contributed by atoms with Crippen molar-refractivity contribution in [1.82, 2.24) is 15.5 Å². The molecule has 4 nitrogen and oxygen atoms in total. The number of aromatic nitrogens is 2. The van der Waals surface area contributed by atoms with Crippen molar-refractivity contribution >= 4 is 5.69 Å². The van der Waals surface area contributed by atoms with Gasteiger partial charge in [0.05, 0.1) is 6.20 Å². The molecule has 0 saturated carbocycles. The van der Waals surface area contributed by atoms with Crippen LogP contribution in [0.1, 0.15) is 49.6 Å². The standard InChI is InChI=1S/C19H28N4/c1-19(2,3)18-16(13-21-22-18)12-20-11-14-7-8-17-15(10-14)6-5-9-23(17)4/h7-8,10,13,20H,5-6,9,11-12H2,1-4H3,(H,21,22). The molecule has 4 heteroatoms. The molecule has 124 valence electrons. The van der Waals surface area contributed by atoms with Gasteiger partial charge in [-0.25, -0.2) is 0 Å². The molecule has 0 unspecified atom stereocenters. The van der Waals surface area contributed by atoms with E-state index in [-0.39, 0.29) is 5.41 Å². The van der Waals surface area contributed by atoms with Crippen molar-refractivity contribution in [1.29, 1.82) is 0 Å². The van der Waals surface area contributed by atoms with Gasteiger partial charge in [0.1, 0.15) is 0 Å². The Kier molecular flexibility index (Phi) is 4.44. The Morgan fingerprint density at radius 3 is 2.87 bits per heavy atom. The van der Waals surface area contributed by atoms with Crippen LogP contribution >= 0.6 is 0 Å². The molecular formula is C19H28N4. The van der Waals surface area contributed by atoms with Crippen LogP contribution in [0.5, 0.6) is 0 Å². The number of H-pyrrole nitrogens is 1. The number of aromatic amines is 1. The fourth-order valence-corrected chi connectivity index (χ4v) is 3.38. The summed E-state index contributed by atoms with van der Waals surface area (Å²) >= 11 is 0. The van der Waals surface area contributed by atoms with Gasteiger partial charge in [0, 0.05) is 49.0 Å². The quantitative estimate of drug-likeness (QED) is 0.909. The van der Waals surface area contributed by atoms with Crippen molar-refractivity contribution in [3.05, 3.63) is 46.8 Å². The van der Waals surface area contributed by atoms with Crippen LogP contribution in [0.4, 0.5) is 5.69 Å². The van der Waals surface area contributed by atoms with E-state index in [2.05, 4.69) is 66.4 Å². The number of anilines is 1. The third-order valence-electron chi connectivity index (χ3n) is 4.61. The molecule has 0 saturated heterocycles. The van der Waals surface area contributed by atoms with Gasteiger partial charge in [0.15, 0.2) is 0 Å². The first-order valence-electron chi connectivity index (χ1n) is 8.51. The van der Waals surface area contributed by atoms with Crippen LogP contribution in [0, 0.1) is 0 Å². The number of aryl methyl sites for hydroxylation is 1. The Hall–Kier alpha value is -1.81. The van der Waals surface area contributed by atoms with E-state index >= 15 is 0 Å². The summed E-state index contributed by atoms with van der Waals surface area (Å²) in [6.07, 6.45) is 4.39. The van der Waals surface area contributed by atoms with Gasteiger partial charge in [-0.15, -0.1) is 0 Å². The molecule has 0 amide bonds. The van der Waals surface area contributed by atoms with E-state index in [9.17, 15) is 0 Å². The molecule has 2 heterocycles. The molecule has 1 aliphatic rings. The van der Waals surface area contributed by atoms with E-state index in [1.165, 1.54) is 47.5 Å². The van der Waals surface area contributed by atoms with E-state index in [1.54, 1.807) is 0 Å². The second-order valence-electron chi connectivity index (χ2n) is 7.61. The Morgan fingerprint density at radius 1 is 1.26 bits per heavy atom. The van der Waals surface area contributed by atoms with E-state index in [1.807, 2.05) is 6.20 Å². The highest BCUT2D eigenvalue weighted by Crippen LogP contribution is 2.27. The second kappa shape index (κ2) is 6.36. The monoisotopic (exact) mass is 312 g/mol. The largest absolute Gasteiger partial charge is 0.374 e. The number of benzene rings is 1. The van der Waals surface area contributed by atoms with Crippen LogP contribution in [0.25, 0.3) is 0 Å². The average molecular weight is 312 g/mol. The molecule has 1 aliphatic heterocycles. The van der Waals surface area contributed by atoms with Gasteiger partial charge in [-0.3, -0.25) is 5.10 Å². The zero-order valence-corrected chi connectivity index (χ0v) is 14.7. The smallest absolute Gasteiger partial charge is 0.0535 e. The van der Waals surface area contributed by atoms with E-state index in [0.717, 1.165) is 13.1 Å². The summed E-state index contributed by atoms with van der Waals surface area (Å²) in [5.74, 6) is 0. The fraction of sp³-hybridized carbons (Fsp3) is 0.526. The van der Waals surface area contributed by atoms with E-state index in [0.29, 0.717) is 0 Å². The highest BCUT2D eigenvalue weighted by Gasteiger charge is 2.19. The number of nitrogens with one attached hydrogen (secondary N) is 2. The number of fused-ring (bicyclic) bond motifs is 1. The maximum atomic E-state index is 4.21. The second-order valence-corrected chi connectivity index (χ2v) is 7.61. The van der Waals surface area contributed by atoms with E-state index in [4.69, 9.17) is 0 Å². The lowest BCUT2D eigenvalue weighted by atomic mass is 9.89. The lowest BCUT2D eigenvalue weighted by Gasteiger charge is -2.27. The van der Waals surface area contributed by atoms with Gasteiger partial charge in [0.2, 0.25) is 0 Å². The Morgan fingerprint density at radius 2 is 2.09 bits per heavy atom. The third-order valence-corrected chi connectivity index (χ3v) is 4.61. The minimum atomic E-state index is 0.101. The zero-order chi connectivity index (χ0) is 16.4. The molecule has 0 spiro atoms. The SMILES string of the molecule is CN1CCCc2cc(CNCc3cn[nH]c3C(C)(C)C)ccc21. The summed E-state index contributed by atoms with van der Waals surface area (Å²) in [6.45, 7) is 9.55. The lowest BCUT2D eigenvalue weighted by Crippen LogP contribution is -2.25. The summed E-state index contributed by atoms with van der Waals surface area (Å²) in [5.41, 5.74) is 6.82. The number of rotatable bonds is 4. The normalized spacial score (nSPS) is 14.9. The van der Waals surface area contributed by atoms with Crippen LogP contribution in [0.2, 0.25) is 0 Å². The zero-order valence-electron chi connectivity index (χ0n) is 14.7. The minimum absolute atomic E-state index is 0.101. The first-order chi connectivity index (χ1) is 10.9. The Balaban J connectivity index is 1.63. The maximum absolute atomic E-state index is 4.21. The molecule has 3 rings (SSSR count). The van der Waals surface area contributed by atoms with Crippen LogP contribution in [-0.4, -0.2) is 23.8 Å². The predicted molar refractivity (Wildman–Crippen MR) is 95.9 cm³/mol. The highest BCUT2D eigenvalue weighted by atomic mass is 15.1. The van der Waals surface area contributed by atoms with E-state index < -0.39 is 0 Å². The average Bonchev–Trinajstić information content (AvgIpc) is 2.96. The summed E-state index contributed by atoms with van der Waals surface area (Å²) < 4.78 is 0. The van der Waals surface area contributed by atoms with Crippen molar-refractivity contribution in [3.63, 3.8) is 0 Å². The molecule has 0 fully saturated rings. The van der Waals surface area contributed by atoms with Crippen molar-refractivity contribution in [3.8, 4) is 0 Å². The third kappa shape index (κ3) is 3.58. The van der Waals surface area contributed by atoms with Gasteiger partial charge in [0.25, 0.3) is 0 Å². The van der Waals surface area contributed by atoms with Crippen LogP contribution in [0.15, 0.2) is 24.4 Å². The van der Waals surface area contributed by atoms with Crippen LogP contribution in [-0.2, 0) is 24.9 Å². The van der Waals surface area contributed by atoms with Gasteiger partial charge in [-0.1, -0.05) is 32.9 Å². The Bertz CT molecular complexity index is 666. The summed E-state index contributed by atoms with van der Waals surface area (Å²) in [5, 5.41) is 10.9. The highest BCUT2D eigenvalue weighted by molar-refractivity contribution is 5.56. The Labute approximate surface area is 139 Å². The van der Waals surface area contributed by atoms with Crippen LogP contribution < -0.4 is 10.2 Å². The van der Waals surface area contributed by atoms with Crippen molar-refractivity contribution in [2.45, 2.75) is 52.1 Å². The molecule has 0 radical (unpaired) electrons. The first-order valence-corrected chi connectivity index (χ1v) is 8.51. The topological polar surface area (TPSA) is 44.0 Å². The summed E-state index contributed by atoms with van der Waals surface area (Å²) in [4.78, 5) is 2.36. The van der Waals surface area contributed by atoms with Gasteiger partial charge in [-0.05, 0) is 30.0 Å². The molecule has 2 aromatic rings. The molecule has 1 aromatic carbocycles. The summed E-state index contributed by atoms with van der Waals surface area (Å²) in [6, 6.07) is 6.87. The molecule has 2 N–H and O–H groups in total. The summed E-state index contributed by atoms with van der Waals surface area (Å²) in [7, 11) is 2.18. The molecular weight excluding hydrogens is 284 g/mol. The maximum Gasteiger partial charge on any atom is 0.0535 e. The predicted octanol–water partition coefficient (Wildman–Crippen LogP) is 3.38. The molecule has 1 aromatic heterocycles. The number of hydrogen-bond donors (Lipinski definition) is 2. The van der Waals surface area contributed by atoms with Crippen LogP contribution in [0.3, 0.4) is 0 Å². The lowest BCUT2D eigenvalue weighted by molar-refractivity contribution is 0.553. The van der Waals surface area contributed by atoms with Crippen molar-refractivity contribution < 1.29 is 0 Å². The number of hydrogen-bond acceptors (Lipinski definition) is 3. The van der Waals surface area contributed by atoms with Gasteiger partial charge < -0.3 is 10.2 Å². The molecule has 0 aliphatic carbocycles. The first kappa shape index (κ1) is 16.1. The van der Waals surface area contributed by atoms with Gasteiger partial charge >= 0.3 is 0 Å². The fourth-order valence-electron chi connectivity index (χ4n) is 3.38. The van der Waals surface area contributed by atoms with Crippen molar-refractivity contribution in [2.75, 3.05) is 18.5 Å². The van der Waals surface area contributed by atoms with Crippen molar-refractivity contribution in [2.24, 2.45) is 0 Å².